The lowest BCUT2D eigenvalue weighted by atomic mass is 9.88. The third kappa shape index (κ3) is 5.13. The topological polar surface area (TPSA) is 50.8 Å². The number of urea groups is 1. The Balaban J connectivity index is 1.67. The molecule has 1 heterocycles. The van der Waals surface area contributed by atoms with Crippen LogP contribution in [0.3, 0.4) is 0 Å². The van der Waals surface area contributed by atoms with Gasteiger partial charge in [0.05, 0.1) is 31.0 Å². The van der Waals surface area contributed by atoms with Gasteiger partial charge in [0, 0.05) is 13.1 Å². The smallest absolute Gasteiger partial charge is 0.317 e. The number of amides is 2. The van der Waals surface area contributed by atoms with Crippen molar-refractivity contribution < 1.29 is 14.3 Å². The number of rotatable bonds is 4. The molecule has 1 N–H and O–H groups in total. The van der Waals surface area contributed by atoms with Crippen LogP contribution in [0.25, 0.3) is 0 Å². The van der Waals surface area contributed by atoms with E-state index < -0.39 is 0 Å². The minimum Gasteiger partial charge on any atom is -0.376 e. The number of carbonyl (C=O) groups excluding carboxylic acids is 1. The van der Waals surface area contributed by atoms with E-state index in [9.17, 15) is 4.79 Å². The Kier molecular flexibility index (Phi) is 6.09. The molecule has 2 aliphatic rings. The highest BCUT2D eigenvalue weighted by Gasteiger charge is 2.33. The zero-order valence-corrected chi connectivity index (χ0v) is 14.6. The molecule has 0 radical (unpaired) electrons. The Bertz CT molecular complexity index is 373. The molecule has 1 aliphatic carbocycles. The van der Waals surface area contributed by atoms with Crippen molar-refractivity contribution in [1.82, 2.24) is 10.2 Å². The number of ether oxygens (including phenoxy) is 2. The highest BCUT2D eigenvalue weighted by atomic mass is 16.5. The van der Waals surface area contributed by atoms with E-state index in [1.165, 1.54) is 19.3 Å². The Hall–Kier alpha value is -0.810. The van der Waals surface area contributed by atoms with Gasteiger partial charge < -0.3 is 19.7 Å². The number of hydrogen-bond donors (Lipinski definition) is 1. The van der Waals surface area contributed by atoms with Gasteiger partial charge in [-0.1, -0.05) is 19.8 Å². The Labute approximate surface area is 134 Å². The predicted molar refractivity (Wildman–Crippen MR) is 87.0 cm³/mol. The second-order valence-electron chi connectivity index (χ2n) is 7.47. The van der Waals surface area contributed by atoms with Crippen molar-refractivity contribution in [3.63, 3.8) is 0 Å². The summed E-state index contributed by atoms with van der Waals surface area (Å²) in [6.45, 7) is 10.8. The van der Waals surface area contributed by atoms with E-state index in [4.69, 9.17) is 9.47 Å². The fourth-order valence-electron chi connectivity index (χ4n) is 3.62. The standard InChI is InChI=1S/C17H32N2O3/c1-13-7-5-6-8-15(13)21-10-9-18-16(20)19-11-14(2)22-17(3,4)12-19/h13-15H,5-12H2,1-4H3,(H,18,20)/t13-,14+,15-/m0/s1. The highest BCUT2D eigenvalue weighted by Crippen LogP contribution is 2.26. The summed E-state index contributed by atoms with van der Waals surface area (Å²) >= 11 is 0. The van der Waals surface area contributed by atoms with Gasteiger partial charge in [-0.15, -0.1) is 0 Å². The van der Waals surface area contributed by atoms with Gasteiger partial charge in [0.2, 0.25) is 0 Å². The summed E-state index contributed by atoms with van der Waals surface area (Å²) in [6.07, 6.45) is 5.45. The lowest BCUT2D eigenvalue weighted by Crippen LogP contribution is -2.56. The van der Waals surface area contributed by atoms with Crippen LogP contribution in [0.2, 0.25) is 0 Å². The minimum atomic E-state index is -0.275. The first-order chi connectivity index (χ1) is 10.4. The fourth-order valence-corrected chi connectivity index (χ4v) is 3.62. The van der Waals surface area contributed by atoms with Crippen LogP contribution in [0, 0.1) is 5.92 Å². The number of nitrogens with zero attached hydrogens (tertiary/aromatic N) is 1. The van der Waals surface area contributed by atoms with Gasteiger partial charge in [-0.25, -0.2) is 4.79 Å². The van der Waals surface area contributed by atoms with Crippen molar-refractivity contribution in [1.29, 1.82) is 0 Å². The van der Waals surface area contributed by atoms with Crippen LogP contribution in [0.1, 0.15) is 53.4 Å². The number of hydrogen-bond acceptors (Lipinski definition) is 3. The molecule has 22 heavy (non-hydrogen) atoms. The summed E-state index contributed by atoms with van der Waals surface area (Å²) in [5.41, 5.74) is -0.275. The molecule has 5 heteroatoms. The maximum Gasteiger partial charge on any atom is 0.317 e. The van der Waals surface area contributed by atoms with Crippen molar-refractivity contribution in [3.8, 4) is 0 Å². The monoisotopic (exact) mass is 312 g/mol. The van der Waals surface area contributed by atoms with Crippen LogP contribution in [-0.2, 0) is 9.47 Å². The van der Waals surface area contributed by atoms with Gasteiger partial charge in [0.1, 0.15) is 0 Å². The SMILES string of the molecule is C[C@@H]1CN(C(=O)NCCO[C@H]2CCCC[C@@H]2C)CC(C)(C)O1. The van der Waals surface area contributed by atoms with Gasteiger partial charge in [0.15, 0.2) is 0 Å². The van der Waals surface area contributed by atoms with Crippen LogP contribution in [0.5, 0.6) is 0 Å². The van der Waals surface area contributed by atoms with Gasteiger partial charge in [-0.2, -0.15) is 0 Å². The zero-order valence-electron chi connectivity index (χ0n) is 14.6. The number of nitrogens with one attached hydrogen (secondary N) is 1. The van der Waals surface area contributed by atoms with Crippen molar-refractivity contribution in [2.75, 3.05) is 26.2 Å². The molecule has 0 aromatic carbocycles. The van der Waals surface area contributed by atoms with Crippen molar-refractivity contribution in [3.05, 3.63) is 0 Å². The maximum absolute atomic E-state index is 12.3. The molecule has 0 bridgehead atoms. The number of carbonyl (C=O) groups is 1. The Morgan fingerprint density at radius 2 is 2.05 bits per heavy atom. The van der Waals surface area contributed by atoms with Crippen molar-refractivity contribution in [2.45, 2.75) is 71.2 Å². The lowest BCUT2D eigenvalue weighted by Gasteiger charge is -2.41. The number of morpholine rings is 1. The molecular weight excluding hydrogens is 280 g/mol. The molecule has 1 aliphatic heterocycles. The molecule has 3 atom stereocenters. The summed E-state index contributed by atoms with van der Waals surface area (Å²) in [4.78, 5) is 14.1. The second kappa shape index (κ2) is 7.64. The second-order valence-corrected chi connectivity index (χ2v) is 7.47. The molecule has 5 nitrogen and oxygen atoms in total. The van der Waals surface area contributed by atoms with E-state index in [0.717, 1.165) is 6.42 Å². The third-order valence-corrected chi connectivity index (χ3v) is 4.60. The molecule has 0 aromatic heterocycles. The van der Waals surface area contributed by atoms with E-state index in [1.807, 2.05) is 25.7 Å². The zero-order chi connectivity index (χ0) is 16.2. The molecule has 2 fully saturated rings. The van der Waals surface area contributed by atoms with E-state index in [1.54, 1.807) is 0 Å². The van der Waals surface area contributed by atoms with Crippen molar-refractivity contribution >= 4 is 6.03 Å². The molecule has 128 valence electrons. The third-order valence-electron chi connectivity index (χ3n) is 4.60. The van der Waals surface area contributed by atoms with E-state index >= 15 is 0 Å². The summed E-state index contributed by atoms with van der Waals surface area (Å²) in [5, 5.41) is 2.97. The summed E-state index contributed by atoms with van der Waals surface area (Å²) < 4.78 is 11.8. The summed E-state index contributed by atoms with van der Waals surface area (Å²) in [5.74, 6) is 0.644. The Morgan fingerprint density at radius 3 is 2.73 bits per heavy atom. The quantitative estimate of drug-likeness (QED) is 0.812. The van der Waals surface area contributed by atoms with Crippen molar-refractivity contribution in [2.24, 2.45) is 5.92 Å². The lowest BCUT2D eigenvalue weighted by molar-refractivity contribution is -0.117. The van der Waals surface area contributed by atoms with E-state index in [2.05, 4.69) is 12.2 Å². The first kappa shape index (κ1) is 17.5. The molecule has 0 aromatic rings. The van der Waals surface area contributed by atoms with Crippen LogP contribution in [0.4, 0.5) is 4.79 Å². The predicted octanol–water partition coefficient (Wildman–Crippen LogP) is 2.79. The Morgan fingerprint density at radius 1 is 1.32 bits per heavy atom. The van der Waals surface area contributed by atoms with Crippen LogP contribution >= 0.6 is 0 Å². The first-order valence-corrected chi connectivity index (χ1v) is 8.69. The fraction of sp³-hybridized carbons (Fsp3) is 0.941. The van der Waals surface area contributed by atoms with Crippen LogP contribution < -0.4 is 5.32 Å². The molecule has 1 saturated carbocycles. The normalized spacial score (nSPS) is 31.8. The summed E-state index contributed by atoms with van der Waals surface area (Å²) in [7, 11) is 0. The van der Waals surface area contributed by atoms with E-state index in [-0.39, 0.29) is 17.7 Å². The molecule has 1 saturated heterocycles. The summed E-state index contributed by atoms with van der Waals surface area (Å²) in [6, 6.07) is -0.0106. The molecule has 2 rings (SSSR count). The molecule has 0 spiro atoms. The molecule has 0 unspecified atom stereocenters. The van der Waals surface area contributed by atoms with Crippen LogP contribution in [0.15, 0.2) is 0 Å². The average Bonchev–Trinajstić information content (AvgIpc) is 2.43. The van der Waals surface area contributed by atoms with E-state index in [0.29, 0.717) is 38.3 Å². The maximum atomic E-state index is 12.3. The molecule has 2 amide bonds. The first-order valence-electron chi connectivity index (χ1n) is 8.69. The largest absolute Gasteiger partial charge is 0.376 e. The van der Waals surface area contributed by atoms with Gasteiger partial charge in [-0.05, 0) is 39.5 Å². The highest BCUT2D eigenvalue weighted by molar-refractivity contribution is 5.74. The minimum absolute atomic E-state index is 0.0106. The van der Waals surface area contributed by atoms with Gasteiger partial charge >= 0.3 is 6.03 Å². The van der Waals surface area contributed by atoms with Gasteiger partial charge in [-0.3, -0.25) is 0 Å². The van der Waals surface area contributed by atoms with Gasteiger partial charge in [0.25, 0.3) is 0 Å². The van der Waals surface area contributed by atoms with Crippen LogP contribution in [-0.4, -0.2) is 55.0 Å². The average molecular weight is 312 g/mol. The molecular formula is C17H32N2O3.